The van der Waals surface area contributed by atoms with Gasteiger partial charge in [0.05, 0.1) is 0 Å². The maximum atomic E-state index is 11.0. The summed E-state index contributed by atoms with van der Waals surface area (Å²) in [5, 5.41) is 5.00. The molecule has 1 atom stereocenters. The van der Waals surface area contributed by atoms with Crippen molar-refractivity contribution in [3.8, 4) is 0 Å². The number of rotatable bonds is 7. The second-order valence-corrected chi connectivity index (χ2v) is 5.50. The molecular formula is C12H20N2O2S. The molecule has 0 saturated heterocycles. The van der Waals surface area contributed by atoms with Crippen LogP contribution < -0.4 is 9.86 Å². The molecule has 3 N–H and O–H groups in total. The molecule has 1 aromatic carbocycles. The molecule has 0 aliphatic rings. The lowest BCUT2D eigenvalue weighted by atomic mass is 10.0. The van der Waals surface area contributed by atoms with Crippen molar-refractivity contribution >= 4 is 10.2 Å². The van der Waals surface area contributed by atoms with Crippen molar-refractivity contribution in [3.63, 3.8) is 0 Å². The van der Waals surface area contributed by atoms with Gasteiger partial charge in [-0.3, -0.25) is 0 Å². The fraction of sp³-hybridized carbons (Fsp3) is 0.500. The van der Waals surface area contributed by atoms with Crippen molar-refractivity contribution in [1.82, 2.24) is 4.72 Å². The van der Waals surface area contributed by atoms with Crippen molar-refractivity contribution in [1.29, 1.82) is 0 Å². The largest absolute Gasteiger partial charge is 0.274 e. The van der Waals surface area contributed by atoms with E-state index in [2.05, 4.69) is 4.72 Å². The van der Waals surface area contributed by atoms with Gasteiger partial charge in [-0.05, 0) is 24.8 Å². The Bertz CT molecular complexity index is 417. The Morgan fingerprint density at radius 3 is 2.41 bits per heavy atom. The molecule has 0 saturated carbocycles. The van der Waals surface area contributed by atoms with E-state index in [9.17, 15) is 8.42 Å². The number of hydrogen-bond donors (Lipinski definition) is 2. The minimum absolute atomic E-state index is 0.0739. The second-order valence-electron chi connectivity index (χ2n) is 4.17. The van der Waals surface area contributed by atoms with Crippen molar-refractivity contribution in [2.24, 2.45) is 5.14 Å². The molecule has 5 heteroatoms. The number of benzene rings is 1. The van der Waals surface area contributed by atoms with E-state index in [1.807, 2.05) is 37.3 Å². The summed E-state index contributed by atoms with van der Waals surface area (Å²) in [5.41, 5.74) is 1.21. The molecule has 0 fully saturated rings. The van der Waals surface area contributed by atoms with Crippen LogP contribution in [0.4, 0.5) is 0 Å². The molecule has 0 aromatic heterocycles. The highest BCUT2D eigenvalue weighted by molar-refractivity contribution is 7.87. The molecule has 96 valence electrons. The van der Waals surface area contributed by atoms with E-state index in [0.717, 1.165) is 25.7 Å². The van der Waals surface area contributed by atoms with Crippen LogP contribution in [0.1, 0.15) is 31.7 Å². The summed E-state index contributed by atoms with van der Waals surface area (Å²) in [6.45, 7) is 2.03. The number of aryl methyl sites for hydroxylation is 1. The first-order valence-corrected chi connectivity index (χ1v) is 7.40. The quantitative estimate of drug-likeness (QED) is 0.777. The van der Waals surface area contributed by atoms with Crippen molar-refractivity contribution in [3.05, 3.63) is 35.9 Å². The molecule has 1 rings (SSSR count). The molecule has 17 heavy (non-hydrogen) atoms. The molecular weight excluding hydrogens is 236 g/mol. The van der Waals surface area contributed by atoms with E-state index in [1.54, 1.807) is 0 Å². The summed E-state index contributed by atoms with van der Waals surface area (Å²) in [5.74, 6) is 0. The van der Waals surface area contributed by atoms with Gasteiger partial charge in [-0.1, -0.05) is 43.7 Å². The van der Waals surface area contributed by atoms with Gasteiger partial charge in [0, 0.05) is 6.04 Å². The SMILES string of the molecule is CCC[C@@H](CCc1ccccc1)NS(N)(=O)=O. The molecule has 0 bridgehead atoms. The number of nitrogens with two attached hydrogens (primary N) is 1. The highest BCUT2D eigenvalue weighted by atomic mass is 32.2. The van der Waals surface area contributed by atoms with Crippen LogP contribution in [-0.2, 0) is 16.6 Å². The van der Waals surface area contributed by atoms with Gasteiger partial charge in [0.25, 0.3) is 10.2 Å². The van der Waals surface area contributed by atoms with Crippen molar-refractivity contribution in [2.45, 2.75) is 38.6 Å². The van der Waals surface area contributed by atoms with Crippen LogP contribution in [0.3, 0.4) is 0 Å². The molecule has 0 radical (unpaired) electrons. The minimum atomic E-state index is -3.60. The summed E-state index contributed by atoms with van der Waals surface area (Å²) in [6, 6.07) is 9.94. The first kappa shape index (κ1) is 14.2. The fourth-order valence-electron chi connectivity index (χ4n) is 1.83. The van der Waals surface area contributed by atoms with Gasteiger partial charge in [-0.2, -0.15) is 13.1 Å². The van der Waals surface area contributed by atoms with E-state index >= 15 is 0 Å². The lowest BCUT2D eigenvalue weighted by molar-refractivity contribution is 0.499. The maximum absolute atomic E-state index is 11.0. The maximum Gasteiger partial charge on any atom is 0.274 e. The van der Waals surface area contributed by atoms with Crippen LogP contribution in [0, 0.1) is 0 Å². The van der Waals surface area contributed by atoms with Gasteiger partial charge in [-0.15, -0.1) is 0 Å². The molecule has 0 amide bonds. The van der Waals surface area contributed by atoms with Crippen LogP contribution in [-0.4, -0.2) is 14.5 Å². The Labute approximate surface area is 103 Å². The lowest BCUT2D eigenvalue weighted by Gasteiger charge is -2.16. The predicted octanol–water partition coefficient (Wildman–Crippen LogP) is 1.58. The Morgan fingerprint density at radius 2 is 1.88 bits per heavy atom. The molecule has 0 aliphatic carbocycles. The summed E-state index contributed by atoms with van der Waals surface area (Å²) in [7, 11) is -3.60. The normalized spacial score (nSPS) is 13.5. The molecule has 4 nitrogen and oxygen atoms in total. The van der Waals surface area contributed by atoms with E-state index < -0.39 is 10.2 Å². The van der Waals surface area contributed by atoms with E-state index in [1.165, 1.54) is 5.56 Å². The smallest absolute Gasteiger partial charge is 0.216 e. The zero-order chi connectivity index (χ0) is 12.7. The molecule has 0 aliphatic heterocycles. The zero-order valence-electron chi connectivity index (χ0n) is 10.1. The number of nitrogens with one attached hydrogen (secondary N) is 1. The highest BCUT2D eigenvalue weighted by Gasteiger charge is 2.13. The molecule has 0 unspecified atom stereocenters. The van der Waals surface area contributed by atoms with Crippen molar-refractivity contribution in [2.75, 3.05) is 0 Å². The predicted molar refractivity (Wildman–Crippen MR) is 69.7 cm³/mol. The third kappa shape index (κ3) is 6.41. The van der Waals surface area contributed by atoms with E-state index in [-0.39, 0.29) is 6.04 Å². The standard InChI is InChI=1S/C12H20N2O2S/c1-2-6-12(14-17(13,15)16)10-9-11-7-4-3-5-8-11/h3-5,7-8,12,14H,2,6,9-10H2,1H3,(H2,13,15,16)/t12-/m0/s1. The van der Waals surface area contributed by atoms with Gasteiger partial charge in [-0.25, -0.2) is 5.14 Å². The summed E-state index contributed by atoms with van der Waals surface area (Å²) in [6.07, 6.45) is 3.37. The van der Waals surface area contributed by atoms with Crippen molar-refractivity contribution < 1.29 is 8.42 Å². The summed E-state index contributed by atoms with van der Waals surface area (Å²) < 4.78 is 24.5. The zero-order valence-corrected chi connectivity index (χ0v) is 10.9. The van der Waals surface area contributed by atoms with Crippen LogP contribution in [0.2, 0.25) is 0 Å². The van der Waals surface area contributed by atoms with E-state index in [4.69, 9.17) is 5.14 Å². The highest BCUT2D eigenvalue weighted by Crippen LogP contribution is 2.09. The lowest BCUT2D eigenvalue weighted by Crippen LogP contribution is -2.39. The van der Waals surface area contributed by atoms with Gasteiger partial charge >= 0.3 is 0 Å². The monoisotopic (exact) mass is 256 g/mol. The Morgan fingerprint density at radius 1 is 1.24 bits per heavy atom. The molecule has 1 aromatic rings. The molecule has 0 spiro atoms. The van der Waals surface area contributed by atoms with Gasteiger partial charge in [0.15, 0.2) is 0 Å². The Balaban J connectivity index is 2.50. The second kappa shape index (κ2) is 6.74. The average molecular weight is 256 g/mol. The van der Waals surface area contributed by atoms with Crippen LogP contribution in [0.25, 0.3) is 0 Å². The third-order valence-electron chi connectivity index (χ3n) is 2.59. The Hall–Kier alpha value is -0.910. The average Bonchev–Trinajstić information content (AvgIpc) is 2.26. The number of hydrogen-bond acceptors (Lipinski definition) is 2. The first-order chi connectivity index (χ1) is 8.01. The first-order valence-electron chi connectivity index (χ1n) is 5.85. The van der Waals surface area contributed by atoms with Gasteiger partial charge in [0.1, 0.15) is 0 Å². The van der Waals surface area contributed by atoms with Crippen LogP contribution in [0.15, 0.2) is 30.3 Å². The third-order valence-corrected chi connectivity index (χ3v) is 3.25. The van der Waals surface area contributed by atoms with Crippen LogP contribution >= 0.6 is 0 Å². The summed E-state index contributed by atoms with van der Waals surface area (Å²) >= 11 is 0. The molecule has 0 heterocycles. The Kier molecular flexibility index (Phi) is 5.61. The van der Waals surface area contributed by atoms with Crippen LogP contribution in [0.5, 0.6) is 0 Å². The fourth-order valence-corrected chi connectivity index (χ4v) is 2.53. The topological polar surface area (TPSA) is 72.2 Å². The van der Waals surface area contributed by atoms with E-state index in [0.29, 0.717) is 0 Å². The minimum Gasteiger partial charge on any atom is -0.216 e. The van der Waals surface area contributed by atoms with Gasteiger partial charge in [0.2, 0.25) is 0 Å². The van der Waals surface area contributed by atoms with Gasteiger partial charge < -0.3 is 0 Å². The summed E-state index contributed by atoms with van der Waals surface area (Å²) in [4.78, 5) is 0.